The highest BCUT2D eigenvalue weighted by Crippen LogP contribution is 2.18. The van der Waals surface area contributed by atoms with Gasteiger partial charge in [0.1, 0.15) is 11.3 Å². The first-order chi connectivity index (χ1) is 8.25. The minimum absolute atomic E-state index is 0.197. The first kappa shape index (κ1) is 13.5. The number of carbonyl (C=O) groups is 1. The van der Waals surface area contributed by atoms with Crippen LogP contribution in [0.5, 0.6) is 5.75 Å². The molecule has 1 aromatic rings. The second-order valence-electron chi connectivity index (χ2n) is 3.79. The number of hydrogen-bond donors (Lipinski definition) is 2. The maximum atomic E-state index is 10.9. The summed E-state index contributed by atoms with van der Waals surface area (Å²) in [6.45, 7) is 0.735. The summed E-state index contributed by atoms with van der Waals surface area (Å²) < 4.78 is 5.44. The molecule has 1 aromatic carbocycles. The average molecular weight is 238 g/mol. The second kappa shape index (κ2) is 7.68. The Morgan fingerprint density at radius 3 is 2.53 bits per heavy atom. The minimum Gasteiger partial charge on any atom is -0.493 e. The molecule has 0 atom stereocenters. The lowest BCUT2D eigenvalue weighted by molar-refractivity contribution is 0.0692. The van der Waals surface area contributed by atoms with Crippen LogP contribution in [0.3, 0.4) is 0 Å². The van der Waals surface area contributed by atoms with Crippen molar-refractivity contribution in [3.8, 4) is 5.75 Å². The molecule has 94 valence electrons. The quantitative estimate of drug-likeness (QED) is 0.682. The van der Waals surface area contributed by atoms with E-state index < -0.39 is 5.97 Å². The third-order valence-corrected chi connectivity index (χ3v) is 2.43. The molecule has 0 fully saturated rings. The molecule has 0 spiro atoms. The molecule has 4 heteroatoms. The van der Waals surface area contributed by atoms with E-state index in [1.165, 1.54) is 6.07 Å². The molecule has 0 aliphatic rings. The van der Waals surface area contributed by atoms with E-state index >= 15 is 0 Å². The van der Waals surface area contributed by atoms with Crippen LogP contribution in [0.1, 0.15) is 36.0 Å². The number of carboxylic acids is 1. The number of para-hydroxylation sites is 1. The molecule has 0 bridgehead atoms. The summed E-state index contributed by atoms with van der Waals surface area (Å²) >= 11 is 0. The van der Waals surface area contributed by atoms with Crippen molar-refractivity contribution in [1.29, 1.82) is 0 Å². The number of aliphatic hydroxyl groups excluding tert-OH is 1. The van der Waals surface area contributed by atoms with E-state index in [0.717, 1.165) is 25.7 Å². The summed E-state index contributed by atoms with van der Waals surface area (Å²) in [4.78, 5) is 10.9. The zero-order chi connectivity index (χ0) is 12.5. The third-order valence-electron chi connectivity index (χ3n) is 2.43. The van der Waals surface area contributed by atoms with Gasteiger partial charge in [-0.25, -0.2) is 4.79 Å². The molecule has 0 aliphatic carbocycles. The summed E-state index contributed by atoms with van der Waals surface area (Å²) in [6.07, 6.45) is 3.63. The highest BCUT2D eigenvalue weighted by molar-refractivity contribution is 5.90. The van der Waals surface area contributed by atoms with Gasteiger partial charge in [-0.3, -0.25) is 0 Å². The number of hydrogen-bond acceptors (Lipinski definition) is 3. The van der Waals surface area contributed by atoms with Crippen molar-refractivity contribution in [3.63, 3.8) is 0 Å². The standard InChI is InChI=1S/C13H18O4/c14-9-5-1-2-6-10-17-12-8-4-3-7-11(12)13(15)16/h3-4,7-8,14H,1-2,5-6,9-10H2,(H,15,16). The van der Waals surface area contributed by atoms with Gasteiger partial charge in [0, 0.05) is 6.61 Å². The summed E-state index contributed by atoms with van der Waals surface area (Å²) in [5.41, 5.74) is 0.197. The SMILES string of the molecule is O=C(O)c1ccccc1OCCCCCCO. The molecule has 0 unspecified atom stereocenters. The van der Waals surface area contributed by atoms with Gasteiger partial charge in [-0.1, -0.05) is 18.6 Å². The van der Waals surface area contributed by atoms with Crippen molar-refractivity contribution in [2.24, 2.45) is 0 Å². The number of unbranched alkanes of at least 4 members (excludes halogenated alkanes) is 3. The lowest BCUT2D eigenvalue weighted by Gasteiger charge is -2.08. The Hall–Kier alpha value is -1.55. The zero-order valence-corrected chi connectivity index (χ0v) is 9.76. The van der Waals surface area contributed by atoms with Gasteiger partial charge in [-0.05, 0) is 31.4 Å². The van der Waals surface area contributed by atoms with Crippen LogP contribution in [0.2, 0.25) is 0 Å². The second-order valence-corrected chi connectivity index (χ2v) is 3.79. The van der Waals surface area contributed by atoms with Crippen LogP contribution in [0, 0.1) is 0 Å². The molecular weight excluding hydrogens is 220 g/mol. The fraction of sp³-hybridized carbons (Fsp3) is 0.462. The Balaban J connectivity index is 2.34. The van der Waals surface area contributed by atoms with Crippen LogP contribution >= 0.6 is 0 Å². The predicted molar refractivity (Wildman–Crippen MR) is 64.5 cm³/mol. The maximum Gasteiger partial charge on any atom is 0.339 e. The maximum absolute atomic E-state index is 10.9. The van der Waals surface area contributed by atoms with Crippen LogP contribution in [-0.2, 0) is 0 Å². The van der Waals surface area contributed by atoms with E-state index in [9.17, 15) is 4.79 Å². The minimum atomic E-state index is -0.971. The van der Waals surface area contributed by atoms with E-state index in [1.54, 1.807) is 18.2 Å². The molecule has 0 radical (unpaired) electrons. The van der Waals surface area contributed by atoms with Gasteiger partial charge in [-0.2, -0.15) is 0 Å². The summed E-state index contributed by atoms with van der Waals surface area (Å²) in [5, 5.41) is 17.5. The molecule has 0 saturated carbocycles. The molecule has 1 rings (SSSR count). The van der Waals surface area contributed by atoms with E-state index in [2.05, 4.69) is 0 Å². The van der Waals surface area contributed by atoms with Gasteiger partial charge in [0.25, 0.3) is 0 Å². The fourth-order valence-corrected chi connectivity index (χ4v) is 1.52. The van der Waals surface area contributed by atoms with Crippen LogP contribution in [0.25, 0.3) is 0 Å². The number of benzene rings is 1. The first-order valence-corrected chi connectivity index (χ1v) is 5.81. The Labute approximate surface area is 101 Å². The van der Waals surface area contributed by atoms with E-state index in [1.807, 2.05) is 0 Å². The number of ether oxygens (including phenoxy) is 1. The van der Waals surface area contributed by atoms with Crippen LogP contribution in [0.4, 0.5) is 0 Å². The highest BCUT2D eigenvalue weighted by Gasteiger charge is 2.09. The number of carboxylic acid groups (broad SMARTS) is 1. The van der Waals surface area contributed by atoms with Gasteiger partial charge in [0.2, 0.25) is 0 Å². The Morgan fingerprint density at radius 2 is 1.82 bits per heavy atom. The van der Waals surface area contributed by atoms with Gasteiger partial charge >= 0.3 is 5.97 Å². The smallest absolute Gasteiger partial charge is 0.339 e. The summed E-state index contributed by atoms with van der Waals surface area (Å²) in [5.74, 6) is -0.553. The normalized spacial score (nSPS) is 10.2. The van der Waals surface area contributed by atoms with Crippen molar-refractivity contribution in [3.05, 3.63) is 29.8 Å². The summed E-state index contributed by atoms with van der Waals surface area (Å²) in [7, 11) is 0. The fourth-order valence-electron chi connectivity index (χ4n) is 1.52. The molecule has 0 heterocycles. The highest BCUT2D eigenvalue weighted by atomic mass is 16.5. The number of aliphatic hydroxyl groups is 1. The molecule has 0 saturated heterocycles. The Morgan fingerprint density at radius 1 is 1.12 bits per heavy atom. The molecular formula is C13H18O4. The van der Waals surface area contributed by atoms with E-state index in [-0.39, 0.29) is 12.2 Å². The van der Waals surface area contributed by atoms with E-state index in [4.69, 9.17) is 14.9 Å². The lowest BCUT2D eigenvalue weighted by atomic mass is 10.2. The third kappa shape index (κ3) is 4.87. The van der Waals surface area contributed by atoms with Crippen molar-refractivity contribution in [1.82, 2.24) is 0 Å². The predicted octanol–water partition coefficient (Wildman–Crippen LogP) is 2.32. The summed E-state index contributed by atoms with van der Waals surface area (Å²) in [6, 6.07) is 6.63. The van der Waals surface area contributed by atoms with Gasteiger partial charge in [-0.15, -0.1) is 0 Å². The molecule has 2 N–H and O–H groups in total. The molecule has 0 aliphatic heterocycles. The van der Waals surface area contributed by atoms with Crippen LogP contribution < -0.4 is 4.74 Å². The van der Waals surface area contributed by atoms with Gasteiger partial charge < -0.3 is 14.9 Å². The molecule has 17 heavy (non-hydrogen) atoms. The topological polar surface area (TPSA) is 66.8 Å². The Kier molecular flexibility index (Phi) is 6.10. The van der Waals surface area contributed by atoms with E-state index in [0.29, 0.717) is 12.4 Å². The van der Waals surface area contributed by atoms with Crippen molar-refractivity contribution < 1.29 is 19.7 Å². The average Bonchev–Trinajstić information content (AvgIpc) is 2.34. The van der Waals surface area contributed by atoms with Crippen molar-refractivity contribution in [2.45, 2.75) is 25.7 Å². The first-order valence-electron chi connectivity index (χ1n) is 5.81. The number of rotatable bonds is 8. The van der Waals surface area contributed by atoms with Crippen LogP contribution in [0.15, 0.2) is 24.3 Å². The van der Waals surface area contributed by atoms with Crippen molar-refractivity contribution in [2.75, 3.05) is 13.2 Å². The monoisotopic (exact) mass is 238 g/mol. The molecule has 0 aromatic heterocycles. The number of aromatic carboxylic acids is 1. The Bertz CT molecular complexity index is 349. The molecule has 4 nitrogen and oxygen atoms in total. The largest absolute Gasteiger partial charge is 0.493 e. The van der Waals surface area contributed by atoms with Gasteiger partial charge in [0.05, 0.1) is 6.61 Å². The van der Waals surface area contributed by atoms with Gasteiger partial charge in [0.15, 0.2) is 0 Å². The zero-order valence-electron chi connectivity index (χ0n) is 9.76. The lowest BCUT2D eigenvalue weighted by Crippen LogP contribution is -2.04. The van der Waals surface area contributed by atoms with Crippen molar-refractivity contribution >= 4 is 5.97 Å². The molecule has 0 amide bonds. The van der Waals surface area contributed by atoms with Crippen LogP contribution in [-0.4, -0.2) is 29.4 Å².